The minimum absolute atomic E-state index is 0.0183. The fourth-order valence-corrected chi connectivity index (χ4v) is 4.06. The van der Waals surface area contributed by atoms with Gasteiger partial charge in [-0.25, -0.2) is 9.97 Å². The molecule has 5 nitrogen and oxygen atoms in total. The quantitative estimate of drug-likeness (QED) is 0.618. The van der Waals surface area contributed by atoms with Gasteiger partial charge in [-0.05, 0) is 42.0 Å². The molecule has 4 rings (SSSR count). The lowest BCUT2D eigenvalue weighted by Gasteiger charge is -2.23. The first-order valence-electron chi connectivity index (χ1n) is 10.1. The third-order valence-electron chi connectivity index (χ3n) is 5.54. The van der Waals surface area contributed by atoms with E-state index >= 15 is 0 Å². The Morgan fingerprint density at radius 2 is 1.87 bits per heavy atom. The number of Topliss-reactive ketones (excluding diaryl/α,β-unsaturated/α-hetero) is 1. The molecule has 1 amide bonds. The standard InChI is InChI=1S/C24H22ClN3O2/c1-2-19(16-6-4-3-5-7-16)23(30)28-24-26-14-20-21(27-24)12-17(13-22(20)29)15-8-10-18(25)11-9-15/h3-11,14,17,19H,2,12-13H2,1H3,(H,26,27,28,30)/t17-,19+/m1/s1. The van der Waals surface area contributed by atoms with Crippen molar-refractivity contribution in [3.05, 3.63) is 88.2 Å². The molecular weight excluding hydrogens is 398 g/mol. The van der Waals surface area contributed by atoms with Crippen molar-refractivity contribution in [3.63, 3.8) is 0 Å². The van der Waals surface area contributed by atoms with Crippen LogP contribution in [0.2, 0.25) is 5.02 Å². The number of amides is 1. The van der Waals surface area contributed by atoms with E-state index < -0.39 is 0 Å². The smallest absolute Gasteiger partial charge is 0.234 e. The number of rotatable bonds is 5. The molecule has 1 heterocycles. The van der Waals surface area contributed by atoms with Crippen molar-refractivity contribution < 1.29 is 9.59 Å². The number of nitrogens with zero attached hydrogens (tertiary/aromatic N) is 2. The predicted molar refractivity (Wildman–Crippen MR) is 117 cm³/mol. The summed E-state index contributed by atoms with van der Waals surface area (Å²) in [5, 5.41) is 3.49. The Morgan fingerprint density at radius 1 is 1.13 bits per heavy atom. The van der Waals surface area contributed by atoms with Gasteiger partial charge in [0.15, 0.2) is 5.78 Å². The molecule has 1 aliphatic rings. The van der Waals surface area contributed by atoms with Gasteiger partial charge in [-0.1, -0.05) is 61.0 Å². The van der Waals surface area contributed by atoms with Gasteiger partial charge < -0.3 is 0 Å². The number of carbonyl (C=O) groups is 2. The highest BCUT2D eigenvalue weighted by Crippen LogP contribution is 2.32. The van der Waals surface area contributed by atoms with Crippen LogP contribution >= 0.6 is 11.6 Å². The van der Waals surface area contributed by atoms with Gasteiger partial charge in [-0.3, -0.25) is 14.9 Å². The molecule has 1 aliphatic carbocycles. The Kier molecular flexibility index (Phi) is 5.91. The molecule has 0 aliphatic heterocycles. The maximum Gasteiger partial charge on any atom is 0.234 e. The van der Waals surface area contributed by atoms with E-state index in [0.29, 0.717) is 35.5 Å². The molecule has 2 aromatic carbocycles. The van der Waals surface area contributed by atoms with Crippen molar-refractivity contribution in [2.75, 3.05) is 5.32 Å². The highest BCUT2D eigenvalue weighted by Gasteiger charge is 2.28. The Bertz CT molecular complexity index is 1070. The van der Waals surface area contributed by atoms with E-state index in [1.807, 2.05) is 61.5 Å². The molecular formula is C24H22ClN3O2. The van der Waals surface area contributed by atoms with Crippen LogP contribution in [0.5, 0.6) is 0 Å². The van der Waals surface area contributed by atoms with Gasteiger partial charge in [0.2, 0.25) is 11.9 Å². The zero-order chi connectivity index (χ0) is 21.1. The lowest BCUT2D eigenvalue weighted by atomic mass is 9.82. The van der Waals surface area contributed by atoms with Crippen LogP contribution in [0.15, 0.2) is 60.8 Å². The fourth-order valence-electron chi connectivity index (χ4n) is 3.93. The lowest BCUT2D eigenvalue weighted by molar-refractivity contribution is -0.117. The summed E-state index contributed by atoms with van der Waals surface area (Å²) in [5.41, 5.74) is 3.21. The van der Waals surface area contributed by atoms with E-state index in [0.717, 1.165) is 11.1 Å². The van der Waals surface area contributed by atoms with Crippen LogP contribution in [-0.4, -0.2) is 21.7 Å². The maximum absolute atomic E-state index is 12.8. The SMILES string of the molecule is CC[C@H](C(=O)Nc1ncc2c(n1)C[C@@H](c1ccc(Cl)cc1)CC2=O)c1ccccc1. The first kappa shape index (κ1) is 20.2. The van der Waals surface area contributed by atoms with E-state index in [9.17, 15) is 9.59 Å². The number of hydrogen-bond donors (Lipinski definition) is 1. The molecule has 2 atom stereocenters. The number of carbonyl (C=O) groups excluding carboxylic acids is 2. The first-order valence-corrected chi connectivity index (χ1v) is 10.4. The van der Waals surface area contributed by atoms with E-state index in [1.54, 1.807) is 0 Å². The van der Waals surface area contributed by atoms with Crippen LogP contribution in [0.3, 0.4) is 0 Å². The van der Waals surface area contributed by atoms with E-state index in [2.05, 4.69) is 15.3 Å². The average Bonchev–Trinajstić information content (AvgIpc) is 2.75. The highest BCUT2D eigenvalue weighted by molar-refractivity contribution is 6.30. The number of ketones is 1. The maximum atomic E-state index is 12.8. The largest absolute Gasteiger partial charge is 0.294 e. The Hall–Kier alpha value is -3.05. The minimum Gasteiger partial charge on any atom is -0.294 e. The van der Waals surface area contributed by atoms with Crippen LogP contribution in [0.25, 0.3) is 0 Å². The topological polar surface area (TPSA) is 72.0 Å². The van der Waals surface area contributed by atoms with Crippen molar-refractivity contribution in [2.45, 2.75) is 38.0 Å². The van der Waals surface area contributed by atoms with Crippen LogP contribution in [0.1, 0.15) is 58.8 Å². The summed E-state index contributed by atoms with van der Waals surface area (Å²) >= 11 is 5.98. The van der Waals surface area contributed by atoms with Crippen molar-refractivity contribution in [3.8, 4) is 0 Å². The molecule has 1 aromatic heterocycles. The summed E-state index contributed by atoms with van der Waals surface area (Å²) < 4.78 is 0. The number of fused-ring (bicyclic) bond motifs is 1. The number of benzene rings is 2. The monoisotopic (exact) mass is 419 g/mol. The summed E-state index contributed by atoms with van der Waals surface area (Å²) in [7, 11) is 0. The molecule has 3 aromatic rings. The van der Waals surface area contributed by atoms with Crippen molar-refractivity contribution in [2.24, 2.45) is 0 Å². The summed E-state index contributed by atoms with van der Waals surface area (Å²) in [6.07, 6.45) is 3.22. The Balaban J connectivity index is 1.55. The molecule has 6 heteroatoms. The second-order valence-corrected chi connectivity index (χ2v) is 7.93. The molecule has 0 radical (unpaired) electrons. The lowest BCUT2D eigenvalue weighted by Crippen LogP contribution is -2.24. The summed E-state index contributed by atoms with van der Waals surface area (Å²) in [6, 6.07) is 17.2. The predicted octanol–water partition coefficient (Wildman–Crippen LogP) is 5.18. The molecule has 0 bridgehead atoms. The number of nitrogens with one attached hydrogen (secondary N) is 1. The van der Waals surface area contributed by atoms with Gasteiger partial charge >= 0.3 is 0 Å². The Labute approximate surface area is 180 Å². The van der Waals surface area contributed by atoms with Crippen LogP contribution in [-0.2, 0) is 11.2 Å². The van der Waals surface area contributed by atoms with Crippen molar-refractivity contribution >= 4 is 29.2 Å². The number of halogens is 1. The first-order chi connectivity index (χ1) is 14.5. The van der Waals surface area contributed by atoms with Gasteiger partial charge in [0.1, 0.15) is 0 Å². The molecule has 0 saturated heterocycles. The fraction of sp³-hybridized carbons (Fsp3) is 0.250. The van der Waals surface area contributed by atoms with Gasteiger partial charge in [0.25, 0.3) is 0 Å². The molecule has 0 saturated carbocycles. The van der Waals surface area contributed by atoms with Gasteiger partial charge in [0, 0.05) is 17.6 Å². The van der Waals surface area contributed by atoms with Crippen LogP contribution in [0, 0.1) is 0 Å². The minimum atomic E-state index is -0.283. The normalized spacial score (nSPS) is 16.6. The third-order valence-corrected chi connectivity index (χ3v) is 5.79. The van der Waals surface area contributed by atoms with Crippen molar-refractivity contribution in [1.29, 1.82) is 0 Å². The van der Waals surface area contributed by atoms with E-state index in [-0.39, 0.29) is 29.5 Å². The van der Waals surface area contributed by atoms with Crippen LogP contribution < -0.4 is 5.32 Å². The second kappa shape index (κ2) is 8.76. The summed E-state index contributed by atoms with van der Waals surface area (Å²) in [4.78, 5) is 34.2. The highest BCUT2D eigenvalue weighted by atomic mass is 35.5. The summed E-state index contributed by atoms with van der Waals surface area (Å²) in [5.74, 6) is -0.148. The van der Waals surface area contributed by atoms with Crippen molar-refractivity contribution in [1.82, 2.24) is 9.97 Å². The molecule has 30 heavy (non-hydrogen) atoms. The van der Waals surface area contributed by atoms with Gasteiger partial charge in [-0.15, -0.1) is 0 Å². The average molecular weight is 420 g/mol. The van der Waals surface area contributed by atoms with Gasteiger partial charge in [0.05, 0.1) is 17.2 Å². The molecule has 152 valence electrons. The number of aromatic nitrogens is 2. The number of anilines is 1. The van der Waals surface area contributed by atoms with Crippen LogP contribution in [0.4, 0.5) is 5.95 Å². The Morgan fingerprint density at radius 3 is 2.57 bits per heavy atom. The number of hydrogen-bond acceptors (Lipinski definition) is 4. The molecule has 0 spiro atoms. The molecule has 0 unspecified atom stereocenters. The summed E-state index contributed by atoms with van der Waals surface area (Å²) in [6.45, 7) is 1.97. The zero-order valence-electron chi connectivity index (χ0n) is 16.6. The zero-order valence-corrected chi connectivity index (χ0v) is 17.4. The van der Waals surface area contributed by atoms with E-state index in [4.69, 9.17) is 11.6 Å². The second-order valence-electron chi connectivity index (χ2n) is 7.49. The van der Waals surface area contributed by atoms with Gasteiger partial charge in [-0.2, -0.15) is 0 Å². The molecule has 1 N–H and O–H groups in total. The van der Waals surface area contributed by atoms with E-state index in [1.165, 1.54) is 6.20 Å². The third kappa shape index (κ3) is 4.26. The molecule has 0 fully saturated rings.